The van der Waals surface area contributed by atoms with E-state index < -0.39 is 0 Å². The largest absolute Gasteiger partial charge is 0.398 e. The molecule has 1 aromatic carbocycles. The van der Waals surface area contributed by atoms with Gasteiger partial charge in [-0.1, -0.05) is 12.1 Å². The number of nitrogens with one attached hydrogen (secondary N) is 1. The first-order valence-corrected chi connectivity index (χ1v) is 6.50. The summed E-state index contributed by atoms with van der Waals surface area (Å²) in [5, 5.41) is 2.86. The Labute approximate surface area is 110 Å². The number of hydrogen-bond acceptors (Lipinski definition) is 4. The Morgan fingerprint density at radius 2 is 2.22 bits per heavy atom. The van der Waals surface area contributed by atoms with Crippen molar-refractivity contribution in [1.29, 1.82) is 0 Å². The van der Waals surface area contributed by atoms with Crippen molar-refractivity contribution in [2.75, 3.05) is 5.73 Å². The smallest absolute Gasteiger partial charge is 0.253 e. The SMILES string of the molecule is Cc1cccc(C(=O)NCc2scnc2C)c1N. The molecular formula is C13H15N3OS. The number of aromatic nitrogens is 1. The van der Waals surface area contributed by atoms with Crippen LogP contribution in [0.25, 0.3) is 0 Å². The summed E-state index contributed by atoms with van der Waals surface area (Å²) in [5.74, 6) is -0.149. The van der Waals surface area contributed by atoms with E-state index in [1.165, 1.54) is 11.3 Å². The number of aryl methyl sites for hydroxylation is 2. The van der Waals surface area contributed by atoms with Crippen LogP contribution in [0.3, 0.4) is 0 Å². The van der Waals surface area contributed by atoms with Crippen LogP contribution in [0.2, 0.25) is 0 Å². The van der Waals surface area contributed by atoms with Gasteiger partial charge in [-0.25, -0.2) is 4.98 Å². The van der Waals surface area contributed by atoms with E-state index in [0.29, 0.717) is 17.8 Å². The van der Waals surface area contributed by atoms with Crippen LogP contribution in [-0.4, -0.2) is 10.9 Å². The Balaban J connectivity index is 2.09. The number of carbonyl (C=O) groups is 1. The number of carbonyl (C=O) groups excluding carboxylic acids is 1. The predicted molar refractivity (Wildman–Crippen MR) is 73.6 cm³/mol. The highest BCUT2D eigenvalue weighted by atomic mass is 32.1. The second-order valence-electron chi connectivity index (χ2n) is 4.08. The summed E-state index contributed by atoms with van der Waals surface area (Å²) < 4.78 is 0. The van der Waals surface area contributed by atoms with Gasteiger partial charge >= 0.3 is 0 Å². The minimum absolute atomic E-state index is 0.149. The van der Waals surface area contributed by atoms with Crippen molar-refractivity contribution in [3.8, 4) is 0 Å². The van der Waals surface area contributed by atoms with E-state index in [-0.39, 0.29) is 5.91 Å². The third kappa shape index (κ3) is 2.51. The molecule has 4 nitrogen and oxygen atoms in total. The summed E-state index contributed by atoms with van der Waals surface area (Å²) in [7, 11) is 0. The van der Waals surface area contributed by atoms with Gasteiger partial charge in [-0.2, -0.15) is 0 Å². The molecule has 0 aliphatic heterocycles. The van der Waals surface area contributed by atoms with Crippen molar-refractivity contribution >= 4 is 22.9 Å². The average molecular weight is 261 g/mol. The molecule has 0 bridgehead atoms. The zero-order chi connectivity index (χ0) is 13.1. The van der Waals surface area contributed by atoms with Crippen molar-refractivity contribution in [3.63, 3.8) is 0 Å². The molecule has 5 heteroatoms. The lowest BCUT2D eigenvalue weighted by Gasteiger charge is -2.08. The van der Waals surface area contributed by atoms with Crippen LogP contribution in [-0.2, 0) is 6.54 Å². The molecule has 0 saturated heterocycles. The summed E-state index contributed by atoms with van der Waals surface area (Å²) in [4.78, 5) is 17.2. The number of nitrogens with two attached hydrogens (primary N) is 1. The predicted octanol–water partition coefficient (Wildman–Crippen LogP) is 2.27. The Bertz CT molecular complexity index is 577. The second kappa shape index (κ2) is 5.18. The molecule has 1 heterocycles. The molecule has 2 rings (SSSR count). The van der Waals surface area contributed by atoms with Crippen molar-refractivity contribution in [2.24, 2.45) is 0 Å². The molecule has 1 amide bonds. The van der Waals surface area contributed by atoms with Gasteiger partial charge < -0.3 is 11.1 Å². The highest BCUT2D eigenvalue weighted by Crippen LogP contribution is 2.17. The van der Waals surface area contributed by atoms with E-state index in [9.17, 15) is 4.79 Å². The molecule has 2 aromatic rings. The standard InChI is InChI=1S/C13H15N3OS/c1-8-4-3-5-10(12(8)14)13(17)15-6-11-9(2)16-7-18-11/h3-5,7H,6,14H2,1-2H3,(H,15,17). The molecule has 0 atom stereocenters. The number of rotatable bonds is 3. The maximum Gasteiger partial charge on any atom is 0.253 e. The van der Waals surface area contributed by atoms with Crippen molar-refractivity contribution in [3.05, 3.63) is 45.4 Å². The summed E-state index contributed by atoms with van der Waals surface area (Å²) in [5.41, 5.74) is 10.6. The van der Waals surface area contributed by atoms with E-state index in [0.717, 1.165) is 16.1 Å². The van der Waals surface area contributed by atoms with Crippen molar-refractivity contribution < 1.29 is 4.79 Å². The topological polar surface area (TPSA) is 68.0 Å². The minimum Gasteiger partial charge on any atom is -0.398 e. The second-order valence-corrected chi connectivity index (χ2v) is 5.02. The fourth-order valence-corrected chi connectivity index (χ4v) is 2.35. The van der Waals surface area contributed by atoms with Gasteiger partial charge in [0, 0.05) is 10.6 Å². The molecule has 3 N–H and O–H groups in total. The van der Waals surface area contributed by atoms with Gasteiger partial charge in [-0.15, -0.1) is 11.3 Å². The number of amides is 1. The lowest BCUT2D eigenvalue weighted by atomic mass is 10.1. The van der Waals surface area contributed by atoms with Crippen LogP contribution in [0, 0.1) is 13.8 Å². The van der Waals surface area contributed by atoms with E-state index in [4.69, 9.17) is 5.73 Å². The van der Waals surface area contributed by atoms with Gasteiger partial charge in [0.2, 0.25) is 0 Å². The molecule has 1 aromatic heterocycles. The first-order valence-electron chi connectivity index (χ1n) is 5.62. The van der Waals surface area contributed by atoms with Gasteiger partial charge in [0.25, 0.3) is 5.91 Å². The Kier molecular flexibility index (Phi) is 3.62. The third-order valence-corrected chi connectivity index (χ3v) is 3.76. The Morgan fingerprint density at radius 3 is 2.89 bits per heavy atom. The zero-order valence-corrected chi connectivity index (χ0v) is 11.2. The molecule has 0 spiro atoms. The molecule has 18 heavy (non-hydrogen) atoms. The maximum atomic E-state index is 12.0. The monoisotopic (exact) mass is 261 g/mol. The van der Waals surface area contributed by atoms with E-state index in [1.54, 1.807) is 11.6 Å². The molecule has 94 valence electrons. The van der Waals surface area contributed by atoms with E-state index in [2.05, 4.69) is 10.3 Å². The first-order chi connectivity index (χ1) is 8.59. The quantitative estimate of drug-likeness (QED) is 0.833. The van der Waals surface area contributed by atoms with Crippen LogP contribution in [0.15, 0.2) is 23.7 Å². The highest BCUT2D eigenvalue weighted by molar-refractivity contribution is 7.09. The lowest BCUT2D eigenvalue weighted by Crippen LogP contribution is -2.24. The number of nitrogen functional groups attached to an aromatic ring is 1. The normalized spacial score (nSPS) is 10.3. The minimum atomic E-state index is -0.149. The first kappa shape index (κ1) is 12.6. The Hall–Kier alpha value is -1.88. The molecule has 0 saturated carbocycles. The van der Waals surface area contributed by atoms with Crippen LogP contribution in [0.1, 0.15) is 26.5 Å². The average Bonchev–Trinajstić information content (AvgIpc) is 2.75. The van der Waals surface area contributed by atoms with Gasteiger partial charge in [0.1, 0.15) is 0 Å². The fraction of sp³-hybridized carbons (Fsp3) is 0.231. The molecule has 0 aliphatic carbocycles. The summed E-state index contributed by atoms with van der Waals surface area (Å²) in [6, 6.07) is 5.45. The van der Waals surface area contributed by atoms with E-state index in [1.807, 2.05) is 26.0 Å². The van der Waals surface area contributed by atoms with Gasteiger partial charge in [0.05, 0.1) is 23.3 Å². The molecule has 0 fully saturated rings. The Morgan fingerprint density at radius 1 is 1.44 bits per heavy atom. The third-order valence-electron chi connectivity index (χ3n) is 2.82. The van der Waals surface area contributed by atoms with Crippen LogP contribution in [0.4, 0.5) is 5.69 Å². The van der Waals surface area contributed by atoms with E-state index >= 15 is 0 Å². The van der Waals surface area contributed by atoms with Gasteiger partial charge in [-0.05, 0) is 25.5 Å². The number of benzene rings is 1. The van der Waals surface area contributed by atoms with Crippen molar-refractivity contribution in [2.45, 2.75) is 20.4 Å². The number of hydrogen-bond donors (Lipinski definition) is 2. The van der Waals surface area contributed by atoms with Crippen LogP contribution in [0.5, 0.6) is 0 Å². The molecule has 0 radical (unpaired) electrons. The van der Waals surface area contributed by atoms with Crippen molar-refractivity contribution in [1.82, 2.24) is 10.3 Å². The zero-order valence-electron chi connectivity index (χ0n) is 10.4. The van der Waals surface area contributed by atoms with Crippen LogP contribution < -0.4 is 11.1 Å². The summed E-state index contributed by atoms with van der Waals surface area (Å²) in [6.07, 6.45) is 0. The van der Waals surface area contributed by atoms with Crippen LogP contribution >= 0.6 is 11.3 Å². The van der Waals surface area contributed by atoms with Gasteiger partial charge in [-0.3, -0.25) is 4.79 Å². The fourth-order valence-electron chi connectivity index (χ4n) is 1.63. The number of nitrogens with zero attached hydrogens (tertiary/aromatic N) is 1. The maximum absolute atomic E-state index is 12.0. The number of thiazole rings is 1. The van der Waals surface area contributed by atoms with Gasteiger partial charge in [0.15, 0.2) is 0 Å². The molecular weight excluding hydrogens is 246 g/mol. The summed E-state index contributed by atoms with van der Waals surface area (Å²) >= 11 is 1.54. The highest BCUT2D eigenvalue weighted by Gasteiger charge is 2.11. The lowest BCUT2D eigenvalue weighted by molar-refractivity contribution is 0.0952. The molecule has 0 aliphatic rings. The summed E-state index contributed by atoms with van der Waals surface area (Å²) in [6.45, 7) is 4.31. The number of anilines is 1. The number of para-hydroxylation sites is 1. The molecule has 0 unspecified atom stereocenters.